The fourth-order valence-electron chi connectivity index (χ4n) is 1.85. The number of halogens is 1. The molecule has 0 amide bonds. The Balaban J connectivity index is 2.22. The van der Waals surface area contributed by atoms with E-state index in [9.17, 15) is 0 Å². The molecule has 0 aliphatic carbocycles. The molecule has 0 aliphatic heterocycles. The second-order valence-electron chi connectivity index (χ2n) is 4.68. The zero-order valence-corrected chi connectivity index (χ0v) is 14.2. The standard InChI is InChI=1S/C16H26BrNO2/c1-3-5-10-19-11-6-9-18-13-14-12-15(17)7-8-16(14)20-4-2/h7-8,12,18H,3-6,9-11,13H2,1-2H3. The molecule has 0 aliphatic rings. The molecule has 0 spiro atoms. The van der Waals surface area contributed by atoms with Crippen molar-refractivity contribution in [3.63, 3.8) is 0 Å². The van der Waals surface area contributed by atoms with Gasteiger partial charge < -0.3 is 14.8 Å². The molecular formula is C16H26BrNO2. The Morgan fingerprint density at radius 2 is 1.95 bits per heavy atom. The first kappa shape index (κ1) is 17.5. The summed E-state index contributed by atoms with van der Waals surface area (Å²) in [5.74, 6) is 0.961. The predicted molar refractivity (Wildman–Crippen MR) is 87.4 cm³/mol. The molecule has 0 saturated heterocycles. The average Bonchev–Trinajstić information content (AvgIpc) is 2.44. The average molecular weight is 344 g/mol. The number of benzene rings is 1. The van der Waals surface area contributed by atoms with Crippen molar-refractivity contribution >= 4 is 15.9 Å². The molecule has 1 aromatic rings. The first-order valence-electron chi connectivity index (χ1n) is 7.47. The van der Waals surface area contributed by atoms with Crippen LogP contribution in [0.15, 0.2) is 22.7 Å². The fourth-order valence-corrected chi connectivity index (χ4v) is 2.26. The predicted octanol–water partition coefficient (Wildman–Crippen LogP) is 4.14. The number of hydrogen-bond donors (Lipinski definition) is 1. The Hall–Kier alpha value is -0.580. The Labute approximate surface area is 131 Å². The van der Waals surface area contributed by atoms with Gasteiger partial charge in [0.25, 0.3) is 0 Å². The van der Waals surface area contributed by atoms with Crippen molar-refractivity contribution < 1.29 is 9.47 Å². The Kier molecular flexibility index (Phi) is 9.71. The highest BCUT2D eigenvalue weighted by molar-refractivity contribution is 9.10. The summed E-state index contributed by atoms with van der Waals surface area (Å²) in [5, 5.41) is 3.44. The number of nitrogens with one attached hydrogen (secondary N) is 1. The summed E-state index contributed by atoms with van der Waals surface area (Å²) in [6.45, 7) is 8.39. The summed E-state index contributed by atoms with van der Waals surface area (Å²) >= 11 is 3.50. The molecular weight excluding hydrogens is 318 g/mol. The molecule has 0 radical (unpaired) electrons. The number of hydrogen-bond acceptors (Lipinski definition) is 3. The zero-order chi connectivity index (χ0) is 14.6. The number of ether oxygens (including phenoxy) is 2. The lowest BCUT2D eigenvalue weighted by atomic mass is 10.2. The van der Waals surface area contributed by atoms with E-state index in [1.165, 1.54) is 12.0 Å². The van der Waals surface area contributed by atoms with Crippen molar-refractivity contribution in [3.05, 3.63) is 28.2 Å². The van der Waals surface area contributed by atoms with Gasteiger partial charge in [0.2, 0.25) is 0 Å². The van der Waals surface area contributed by atoms with E-state index >= 15 is 0 Å². The minimum Gasteiger partial charge on any atom is -0.494 e. The van der Waals surface area contributed by atoms with Crippen LogP contribution in [0.25, 0.3) is 0 Å². The van der Waals surface area contributed by atoms with Crippen LogP contribution in [0.4, 0.5) is 0 Å². The van der Waals surface area contributed by atoms with Crippen LogP contribution >= 0.6 is 15.9 Å². The highest BCUT2D eigenvalue weighted by Gasteiger charge is 2.03. The molecule has 114 valence electrons. The van der Waals surface area contributed by atoms with Crippen molar-refractivity contribution in [2.45, 2.75) is 39.7 Å². The Bertz CT molecular complexity index is 371. The van der Waals surface area contributed by atoms with E-state index < -0.39 is 0 Å². The van der Waals surface area contributed by atoms with Crippen LogP contribution in [-0.4, -0.2) is 26.4 Å². The summed E-state index contributed by atoms with van der Waals surface area (Å²) in [4.78, 5) is 0. The van der Waals surface area contributed by atoms with Gasteiger partial charge in [-0.05, 0) is 44.5 Å². The topological polar surface area (TPSA) is 30.5 Å². The second kappa shape index (κ2) is 11.1. The van der Waals surface area contributed by atoms with Crippen molar-refractivity contribution in [3.8, 4) is 5.75 Å². The van der Waals surface area contributed by atoms with Crippen LogP contribution in [0.2, 0.25) is 0 Å². The lowest BCUT2D eigenvalue weighted by molar-refractivity contribution is 0.128. The molecule has 1 N–H and O–H groups in total. The smallest absolute Gasteiger partial charge is 0.123 e. The summed E-state index contributed by atoms with van der Waals surface area (Å²) in [6.07, 6.45) is 3.40. The molecule has 20 heavy (non-hydrogen) atoms. The normalized spacial score (nSPS) is 10.8. The molecule has 1 aromatic carbocycles. The molecule has 0 heterocycles. The van der Waals surface area contributed by atoms with Gasteiger partial charge in [0.1, 0.15) is 5.75 Å². The second-order valence-corrected chi connectivity index (χ2v) is 5.60. The maximum absolute atomic E-state index is 5.63. The van der Waals surface area contributed by atoms with Gasteiger partial charge in [0, 0.05) is 29.8 Å². The molecule has 0 saturated carbocycles. The maximum Gasteiger partial charge on any atom is 0.123 e. The largest absolute Gasteiger partial charge is 0.494 e. The van der Waals surface area contributed by atoms with Gasteiger partial charge in [-0.15, -0.1) is 0 Å². The van der Waals surface area contributed by atoms with Crippen LogP contribution in [-0.2, 0) is 11.3 Å². The molecule has 4 heteroatoms. The van der Waals surface area contributed by atoms with Crippen LogP contribution in [0, 0.1) is 0 Å². The fraction of sp³-hybridized carbons (Fsp3) is 0.625. The zero-order valence-electron chi connectivity index (χ0n) is 12.6. The monoisotopic (exact) mass is 343 g/mol. The highest BCUT2D eigenvalue weighted by atomic mass is 79.9. The third-order valence-electron chi connectivity index (χ3n) is 2.92. The molecule has 0 bridgehead atoms. The maximum atomic E-state index is 5.63. The van der Waals surface area contributed by atoms with Gasteiger partial charge in [-0.3, -0.25) is 0 Å². The van der Waals surface area contributed by atoms with E-state index in [-0.39, 0.29) is 0 Å². The Morgan fingerprint density at radius 1 is 1.15 bits per heavy atom. The van der Waals surface area contributed by atoms with Crippen molar-refractivity contribution in [2.75, 3.05) is 26.4 Å². The van der Waals surface area contributed by atoms with Crippen molar-refractivity contribution in [1.82, 2.24) is 5.32 Å². The van der Waals surface area contributed by atoms with Crippen LogP contribution < -0.4 is 10.1 Å². The van der Waals surface area contributed by atoms with E-state index in [1.807, 2.05) is 19.1 Å². The minimum atomic E-state index is 0.694. The lowest BCUT2D eigenvalue weighted by Gasteiger charge is -2.11. The van der Waals surface area contributed by atoms with E-state index in [4.69, 9.17) is 9.47 Å². The SMILES string of the molecule is CCCCOCCCNCc1cc(Br)ccc1OCC. The third-order valence-corrected chi connectivity index (χ3v) is 3.42. The van der Waals surface area contributed by atoms with E-state index in [1.54, 1.807) is 0 Å². The van der Waals surface area contributed by atoms with Crippen LogP contribution in [0.1, 0.15) is 38.7 Å². The van der Waals surface area contributed by atoms with E-state index in [2.05, 4.69) is 34.2 Å². The summed E-state index contributed by atoms with van der Waals surface area (Å²) < 4.78 is 12.2. The van der Waals surface area contributed by atoms with E-state index in [0.717, 1.165) is 49.4 Å². The summed E-state index contributed by atoms with van der Waals surface area (Å²) in [5.41, 5.74) is 1.19. The molecule has 1 rings (SSSR count). The summed E-state index contributed by atoms with van der Waals surface area (Å²) in [7, 11) is 0. The highest BCUT2D eigenvalue weighted by Crippen LogP contribution is 2.23. The van der Waals surface area contributed by atoms with Gasteiger partial charge in [-0.25, -0.2) is 0 Å². The first-order chi connectivity index (χ1) is 9.77. The summed E-state index contributed by atoms with van der Waals surface area (Å²) in [6, 6.07) is 6.13. The molecule has 0 atom stereocenters. The molecule has 0 fully saturated rings. The van der Waals surface area contributed by atoms with Gasteiger partial charge in [-0.1, -0.05) is 29.3 Å². The number of unbranched alkanes of at least 4 members (excludes halogenated alkanes) is 1. The van der Waals surface area contributed by atoms with E-state index in [0.29, 0.717) is 6.61 Å². The van der Waals surface area contributed by atoms with Crippen LogP contribution in [0.5, 0.6) is 5.75 Å². The van der Waals surface area contributed by atoms with Gasteiger partial charge in [0.15, 0.2) is 0 Å². The third kappa shape index (κ3) is 7.27. The van der Waals surface area contributed by atoms with Crippen molar-refractivity contribution in [1.29, 1.82) is 0 Å². The molecule has 0 aromatic heterocycles. The van der Waals surface area contributed by atoms with Gasteiger partial charge in [0.05, 0.1) is 6.61 Å². The minimum absolute atomic E-state index is 0.694. The lowest BCUT2D eigenvalue weighted by Crippen LogP contribution is -2.17. The Morgan fingerprint density at radius 3 is 2.70 bits per heavy atom. The van der Waals surface area contributed by atoms with Crippen LogP contribution in [0.3, 0.4) is 0 Å². The molecule has 0 unspecified atom stereocenters. The first-order valence-corrected chi connectivity index (χ1v) is 8.27. The van der Waals surface area contributed by atoms with Gasteiger partial charge >= 0.3 is 0 Å². The van der Waals surface area contributed by atoms with Gasteiger partial charge in [-0.2, -0.15) is 0 Å². The molecule has 3 nitrogen and oxygen atoms in total. The van der Waals surface area contributed by atoms with Crippen molar-refractivity contribution in [2.24, 2.45) is 0 Å². The quantitative estimate of drug-likeness (QED) is 0.612. The number of rotatable bonds is 11.